The third-order valence-corrected chi connectivity index (χ3v) is 3.19. The van der Waals surface area contributed by atoms with Crippen molar-refractivity contribution < 1.29 is 9.47 Å². The van der Waals surface area contributed by atoms with E-state index in [9.17, 15) is 0 Å². The van der Waals surface area contributed by atoms with Gasteiger partial charge in [0.15, 0.2) is 0 Å². The Morgan fingerprint density at radius 3 is 2.17 bits per heavy atom. The summed E-state index contributed by atoms with van der Waals surface area (Å²) in [7, 11) is -0.915. The Bertz CT molecular complexity index is 108. The molecule has 0 aromatic rings. The van der Waals surface area contributed by atoms with E-state index >= 15 is 0 Å². The van der Waals surface area contributed by atoms with Crippen LogP contribution in [0.3, 0.4) is 0 Å². The van der Waals surface area contributed by atoms with Crippen molar-refractivity contribution in [2.24, 2.45) is 0 Å². The Morgan fingerprint density at radius 1 is 1.17 bits per heavy atom. The molecule has 0 radical (unpaired) electrons. The molecular weight excluding hydrogens is 168 g/mol. The van der Waals surface area contributed by atoms with Crippen molar-refractivity contribution in [1.29, 1.82) is 0 Å². The van der Waals surface area contributed by atoms with Crippen molar-refractivity contribution in [3.63, 3.8) is 0 Å². The van der Waals surface area contributed by atoms with Crippen LogP contribution in [-0.4, -0.2) is 27.6 Å². The molecule has 0 aliphatic carbocycles. The van der Waals surface area contributed by atoms with Crippen molar-refractivity contribution in [2.75, 3.05) is 13.4 Å². The Labute approximate surface area is 77.3 Å². The van der Waals surface area contributed by atoms with Crippen LogP contribution in [0.15, 0.2) is 0 Å². The average Bonchev–Trinajstić information content (AvgIpc) is 1.83. The maximum absolute atomic E-state index is 5.33. The van der Waals surface area contributed by atoms with Gasteiger partial charge in [-0.25, -0.2) is 0 Å². The monoisotopic (exact) mass is 190 g/mol. The summed E-state index contributed by atoms with van der Waals surface area (Å²) in [6.45, 7) is 12.4. The lowest BCUT2D eigenvalue weighted by Crippen LogP contribution is -2.22. The molecule has 0 rings (SSSR count). The molecule has 0 spiro atoms. The van der Waals surface area contributed by atoms with Gasteiger partial charge in [0.2, 0.25) is 0 Å². The molecule has 0 heterocycles. The predicted molar refractivity (Wildman–Crippen MR) is 55.2 cm³/mol. The van der Waals surface area contributed by atoms with Crippen LogP contribution in [0.1, 0.15) is 13.8 Å². The van der Waals surface area contributed by atoms with E-state index in [1.54, 1.807) is 0 Å². The fourth-order valence-corrected chi connectivity index (χ4v) is 1.38. The molecule has 3 heteroatoms. The standard InChI is InChI=1S/C9H22O2Si/c1-9(2)11-8-10-6-7-12(3,4)5/h9H,6-8H2,1-5H3. The number of rotatable bonds is 6. The molecule has 0 unspecified atom stereocenters. The van der Waals surface area contributed by atoms with Crippen LogP contribution in [0.25, 0.3) is 0 Å². The van der Waals surface area contributed by atoms with E-state index in [1.165, 1.54) is 6.04 Å². The molecule has 0 saturated heterocycles. The normalized spacial score (nSPS) is 12.5. The minimum Gasteiger partial charge on any atom is -0.356 e. The second kappa shape index (κ2) is 5.73. The van der Waals surface area contributed by atoms with Gasteiger partial charge in [-0.15, -0.1) is 0 Å². The smallest absolute Gasteiger partial charge is 0.147 e. The summed E-state index contributed by atoms with van der Waals surface area (Å²) in [4.78, 5) is 0. The minimum atomic E-state index is -0.915. The van der Waals surface area contributed by atoms with E-state index in [-0.39, 0.29) is 6.10 Å². The maximum Gasteiger partial charge on any atom is 0.147 e. The molecular formula is C9H22O2Si. The third-order valence-electron chi connectivity index (χ3n) is 1.48. The van der Waals surface area contributed by atoms with E-state index < -0.39 is 8.07 Å². The zero-order valence-electron chi connectivity index (χ0n) is 9.02. The zero-order chi connectivity index (χ0) is 9.61. The molecule has 74 valence electrons. The lowest BCUT2D eigenvalue weighted by molar-refractivity contribution is -0.0747. The highest BCUT2D eigenvalue weighted by atomic mass is 28.3. The highest BCUT2D eigenvalue weighted by Gasteiger charge is 2.11. The van der Waals surface area contributed by atoms with Crippen LogP contribution in [0.5, 0.6) is 0 Å². The Kier molecular flexibility index (Phi) is 5.79. The van der Waals surface area contributed by atoms with Crippen LogP contribution in [-0.2, 0) is 9.47 Å². The molecule has 0 amide bonds. The van der Waals surface area contributed by atoms with E-state index in [0.29, 0.717) is 6.79 Å². The summed E-state index contributed by atoms with van der Waals surface area (Å²) in [6.07, 6.45) is 0.275. The van der Waals surface area contributed by atoms with Gasteiger partial charge in [0.1, 0.15) is 6.79 Å². The van der Waals surface area contributed by atoms with E-state index in [0.717, 1.165) is 6.61 Å². The number of hydrogen-bond acceptors (Lipinski definition) is 2. The molecule has 0 bridgehead atoms. The second-order valence-corrected chi connectivity index (χ2v) is 10.2. The molecule has 0 saturated carbocycles. The SMILES string of the molecule is CC(C)OCOCC[Si](C)(C)C. The molecule has 0 aliphatic rings. The van der Waals surface area contributed by atoms with Gasteiger partial charge < -0.3 is 9.47 Å². The molecule has 2 nitrogen and oxygen atoms in total. The molecule has 0 aliphatic heterocycles. The molecule has 0 atom stereocenters. The van der Waals surface area contributed by atoms with Gasteiger partial charge >= 0.3 is 0 Å². The summed E-state index contributed by atoms with van der Waals surface area (Å²) < 4.78 is 10.6. The summed E-state index contributed by atoms with van der Waals surface area (Å²) in [5.41, 5.74) is 0. The average molecular weight is 190 g/mol. The van der Waals surface area contributed by atoms with Crippen LogP contribution in [0.4, 0.5) is 0 Å². The highest BCUT2D eigenvalue weighted by Crippen LogP contribution is 2.07. The first-order valence-corrected chi connectivity index (χ1v) is 8.32. The van der Waals surface area contributed by atoms with Crippen molar-refractivity contribution in [3.05, 3.63) is 0 Å². The van der Waals surface area contributed by atoms with Crippen LogP contribution in [0.2, 0.25) is 25.7 Å². The molecule has 12 heavy (non-hydrogen) atoms. The third kappa shape index (κ3) is 10.1. The van der Waals surface area contributed by atoms with Gasteiger partial charge in [0.25, 0.3) is 0 Å². The first-order chi connectivity index (χ1) is 5.42. The second-order valence-electron chi connectivity index (χ2n) is 4.55. The summed E-state index contributed by atoms with van der Waals surface area (Å²) in [6, 6.07) is 1.22. The van der Waals surface area contributed by atoms with E-state index in [1.807, 2.05) is 13.8 Å². The van der Waals surface area contributed by atoms with Gasteiger partial charge in [-0.2, -0.15) is 0 Å². The summed E-state index contributed by atoms with van der Waals surface area (Å²) in [5, 5.41) is 0. The lowest BCUT2D eigenvalue weighted by atomic mass is 10.5. The van der Waals surface area contributed by atoms with Gasteiger partial charge in [-0.05, 0) is 19.9 Å². The Hall–Kier alpha value is 0.137. The molecule has 0 fully saturated rings. The van der Waals surface area contributed by atoms with Crippen molar-refractivity contribution >= 4 is 8.07 Å². The Morgan fingerprint density at radius 2 is 1.75 bits per heavy atom. The largest absolute Gasteiger partial charge is 0.356 e. The molecule has 0 N–H and O–H groups in total. The zero-order valence-corrected chi connectivity index (χ0v) is 10.0. The molecule has 0 aromatic heterocycles. The van der Waals surface area contributed by atoms with Gasteiger partial charge in [-0.3, -0.25) is 0 Å². The Balaban J connectivity index is 3.12. The lowest BCUT2D eigenvalue weighted by Gasteiger charge is -2.15. The highest BCUT2D eigenvalue weighted by molar-refractivity contribution is 6.76. The van der Waals surface area contributed by atoms with Crippen molar-refractivity contribution in [1.82, 2.24) is 0 Å². The fourth-order valence-electron chi connectivity index (χ4n) is 0.621. The minimum absolute atomic E-state index is 0.275. The first-order valence-electron chi connectivity index (χ1n) is 4.61. The van der Waals surface area contributed by atoms with Crippen molar-refractivity contribution in [3.8, 4) is 0 Å². The van der Waals surface area contributed by atoms with Crippen LogP contribution >= 0.6 is 0 Å². The number of ether oxygens (including phenoxy) is 2. The summed E-state index contributed by atoms with van der Waals surface area (Å²) in [5.74, 6) is 0. The van der Waals surface area contributed by atoms with Crippen molar-refractivity contribution in [2.45, 2.75) is 45.6 Å². The predicted octanol–water partition coefficient (Wildman–Crippen LogP) is 2.72. The van der Waals surface area contributed by atoms with Crippen LogP contribution in [0, 0.1) is 0 Å². The maximum atomic E-state index is 5.33. The molecule has 0 aromatic carbocycles. The van der Waals surface area contributed by atoms with Crippen LogP contribution < -0.4 is 0 Å². The number of hydrogen-bond donors (Lipinski definition) is 0. The quantitative estimate of drug-likeness (QED) is 0.364. The fraction of sp³-hybridized carbons (Fsp3) is 1.00. The van der Waals surface area contributed by atoms with Gasteiger partial charge in [0.05, 0.1) is 6.10 Å². The van der Waals surface area contributed by atoms with E-state index in [4.69, 9.17) is 9.47 Å². The van der Waals surface area contributed by atoms with E-state index in [2.05, 4.69) is 19.6 Å². The summed E-state index contributed by atoms with van der Waals surface area (Å²) >= 11 is 0. The van der Waals surface area contributed by atoms with Gasteiger partial charge in [-0.1, -0.05) is 19.6 Å². The van der Waals surface area contributed by atoms with Gasteiger partial charge in [0, 0.05) is 14.7 Å². The topological polar surface area (TPSA) is 18.5 Å². The first kappa shape index (κ1) is 12.1.